The summed E-state index contributed by atoms with van der Waals surface area (Å²) in [4.78, 5) is 0. The van der Waals surface area contributed by atoms with Crippen molar-refractivity contribution in [2.45, 2.75) is 43.9 Å². The molecule has 1 nitrogen and oxygen atoms in total. The second-order valence-corrected chi connectivity index (χ2v) is 6.13. The molecule has 0 radical (unpaired) electrons. The normalized spacial score (nSPS) is 25.3. The third-order valence-corrected chi connectivity index (χ3v) is 5.11. The zero-order chi connectivity index (χ0) is 9.90. The quantitative estimate of drug-likeness (QED) is 0.680. The van der Waals surface area contributed by atoms with E-state index >= 15 is 0 Å². The van der Waals surface area contributed by atoms with E-state index in [-0.39, 0.29) is 35.6 Å². The summed E-state index contributed by atoms with van der Waals surface area (Å²) in [7, 11) is -1.80. The van der Waals surface area contributed by atoms with Gasteiger partial charge >= 0.3 is 29.6 Å². The molecule has 1 rings (SSSR count). The maximum atomic E-state index is 12.9. The van der Waals surface area contributed by atoms with Gasteiger partial charge in [0.25, 0.3) is 5.92 Å². The van der Waals surface area contributed by atoms with Gasteiger partial charge in [0.15, 0.2) is 15.2 Å². The molecule has 0 aromatic carbocycles. The molecule has 2 atom stereocenters. The Kier molecular flexibility index (Phi) is 6.98. The van der Waals surface area contributed by atoms with Crippen molar-refractivity contribution in [3.63, 3.8) is 0 Å². The molecule has 0 aromatic heterocycles. The molecule has 1 fully saturated rings. The van der Waals surface area contributed by atoms with Gasteiger partial charge in [0.05, 0.1) is 0 Å². The zero-order valence-electron chi connectivity index (χ0n) is 7.73. The molecule has 0 N–H and O–H groups in total. The van der Waals surface area contributed by atoms with Gasteiger partial charge in [0, 0.05) is 12.7 Å². The van der Waals surface area contributed by atoms with E-state index in [2.05, 4.69) is 0 Å². The van der Waals surface area contributed by atoms with E-state index in [1.54, 1.807) is 0 Å². The molecule has 1 aliphatic heterocycles. The van der Waals surface area contributed by atoms with Gasteiger partial charge in [-0.2, -0.15) is 0 Å². The van der Waals surface area contributed by atoms with Crippen LogP contribution >= 0.6 is 0 Å². The van der Waals surface area contributed by atoms with Crippen molar-refractivity contribution in [3.05, 3.63) is 0 Å². The molecule has 0 aliphatic carbocycles. The minimum atomic E-state index is -3.17. The van der Waals surface area contributed by atoms with Gasteiger partial charge < -0.3 is 4.43 Å². The summed E-state index contributed by atoms with van der Waals surface area (Å²) in [5, 5.41) is 0. The van der Waals surface area contributed by atoms with Crippen LogP contribution in [0.25, 0.3) is 0 Å². The molecule has 14 heavy (non-hydrogen) atoms. The SMILES string of the molecule is CC(F)C(F)(F)C[SiH]1CCCCO1.[NaH]. The first kappa shape index (κ1) is 15.0. The Morgan fingerprint density at radius 1 is 1.43 bits per heavy atom. The molecular weight excluding hydrogens is 220 g/mol. The number of hydrogen-bond donors (Lipinski definition) is 0. The fraction of sp³-hybridized carbons (Fsp3) is 1.00. The van der Waals surface area contributed by atoms with Gasteiger partial charge in [-0.25, -0.2) is 13.2 Å². The van der Waals surface area contributed by atoms with E-state index in [4.69, 9.17) is 4.43 Å². The third kappa shape index (κ3) is 4.66. The summed E-state index contributed by atoms with van der Waals surface area (Å²) < 4.78 is 43.5. The predicted octanol–water partition coefficient (Wildman–Crippen LogP) is 1.87. The van der Waals surface area contributed by atoms with E-state index in [1.807, 2.05) is 0 Å². The number of halogens is 3. The van der Waals surface area contributed by atoms with Crippen molar-refractivity contribution in [3.8, 4) is 0 Å². The third-order valence-electron chi connectivity index (χ3n) is 2.36. The second kappa shape index (κ2) is 6.53. The molecule has 0 spiro atoms. The van der Waals surface area contributed by atoms with Crippen LogP contribution in [0.2, 0.25) is 12.1 Å². The van der Waals surface area contributed by atoms with Crippen LogP contribution in [0.4, 0.5) is 13.2 Å². The monoisotopic (exact) mass is 236 g/mol. The standard InChI is InChI=1S/C8H15F3OSi.Na.H/c1-7(9)8(10,11)6-13-5-3-2-4-12-13;;/h7,13H,2-6H2,1H3;;. The van der Waals surface area contributed by atoms with Crippen LogP contribution in [0.3, 0.4) is 0 Å². The zero-order valence-corrected chi connectivity index (χ0v) is 8.89. The average Bonchev–Trinajstić information content (AvgIpc) is 2.05. The molecule has 0 saturated carbocycles. The van der Waals surface area contributed by atoms with Crippen LogP contribution in [0, 0.1) is 0 Å². The Balaban J connectivity index is 0.00000169. The average molecular weight is 236 g/mol. The molecule has 1 aliphatic rings. The molecular formula is C8H16F3NaOSi. The fourth-order valence-corrected chi connectivity index (χ4v) is 4.10. The predicted molar refractivity (Wildman–Crippen MR) is 54.6 cm³/mol. The van der Waals surface area contributed by atoms with Crippen molar-refractivity contribution in [1.82, 2.24) is 0 Å². The minimum absolute atomic E-state index is 0. The summed E-state index contributed by atoms with van der Waals surface area (Å²) in [6.07, 6.45) is -0.126. The molecule has 1 heterocycles. The second-order valence-electron chi connectivity index (χ2n) is 3.57. The van der Waals surface area contributed by atoms with Gasteiger partial charge in [-0.05, 0) is 19.4 Å². The summed E-state index contributed by atoms with van der Waals surface area (Å²) in [5.74, 6) is -3.17. The van der Waals surface area contributed by atoms with Crippen LogP contribution in [0.1, 0.15) is 19.8 Å². The first-order valence-electron chi connectivity index (χ1n) is 4.66. The molecule has 0 amide bonds. The van der Waals surface area contributed by atoms with Crippen LogP contribution < -0.4 is 0 Å². The van der Waals surface area contributed by atoms with E-state index in [1.165, 1.54) is 0 Å². The summed E-state index contributed by atoms with van der Waals surface area (Å²) >= 11 is 0. The summed E-state index contributed by atoms with van der Waals surface area (Å²) in [6, 6.07) is 0.424. The van der Waals surface area contributed by atoms with Crippen molar-refractivity contribution < 1.29 is 17.6 Å². The van der Waals surface area contributed by atoms with Gasteiger partial charge in [-0.15, -0.1) is 0 Å². The van der Waals surface area contributed by atoms with Crippen LogP contribution in [0.5, 0.6) is 0 Å². The van der Waals surface area contributed by atoms with Crippen molar-refractivity contribution in [2.75, 3.05) is 6.61 Å². The van der Waals surface area contributed by atoms with Crippen LogP contribution in [-0.2, 0) is 4.43 Å². The van der Waals surface area contributed by atoms with Gasteiger partial charge in [-0.1, -0.05) is 6.42 Å². The Morgan fingerprint density at radius 3 is 2.50 bits per heavy atom. The number of alkyl halides is 3. The number of hydrogen-bond acceptors (Lipinski definition) is 1. The van der Waals surface area contributed by atoms with Crippen LogP contribution in [-0.4, -0.2) is 57.3 Å². The van der Waals surface area contributed by atoms with Crippen molar-refractivity contribution in [2.24, 2.45) is 0 Å². The molecule has 0 bridgehead atoms. The van der Waals surface area contributed by atoms with Gasteiger partial charge in [0.1, 0.15) is 0 Å². The maximum absolute atomic E-state index is 12.9. The summed E-state index contributed by atoms with van der Waals surface area (Å²) in [5.41, 5.74) is 0. The Morgan fingerprint density at radius 2 is 2.07 bits per heavy atom. The van der Waals surface area contributed by atoms with E-state index < -0.39 is 21.1 Å². The van der Waals surface area contributed by atoms with Crippen molar-refractivity contribution >= 4 is 38.6 Å². The van der Waals surface area contributed by atoms with Crippen molar-refractivity contribution in [1.29, 1.82) is 0 Å². The Labute approximate surface area is 106 Å². The van der Waals surface area contributed by atoms with E-state index in [0.717, 1.165) is 25.8 Å². The fourth-order valence-electron chi connectivity index (χ4n) is 1.43. The van der Waals surface area contributed by atoms with Crippen LogP contribution in [0.15, 0.2) is 0 Å². The molecule has 80 valence electrons. The molecule has 2 unspecified atom stereocenters. The Hall–Kier alpha value is 0.967. The van der Waals surface area contributed by atoms with Gasteiger partial charge in [0.2, 0.25) is 0 Å². The van der Waals surface area contributed by atoms with E-state index in [9.17, 15) is 13.2 Å². The van der Waals surface area contributed by atoms with E-state index in [0.29, 0.717) is 6.61 Å². The molecule has 1 saturated heterocycles. The Bertz CT molecular complexity index is 163. The first-order valence-corrected chi connectivity index (χ1v) is 6.76. The topological polar surface area (TPSA) is 9.23 Å². The molecule has 6 heteroatoms. The first-order chi connectivity index (χ1) is 6.02. The summed E-state index contributed by atoms with van der Waals surface area (Å²) in [6.45, 7) is 1.50. The van der Waals surface area contributed by atoms with Gasteiger partial charge in [-0.3, -0.25) is 0 Å². The molecule has 0 aromatic rings. The number of rotatable bonds is 3.